The van der Waals surface area contributed by atoms with Crippen LogP contribution in [0.5, 0.6) is 0 Å². The Morgan fingerprint density at radius 1 is 1.32 bits per heavy atom. The lowest BCUT2D eigenvalue weighted by Crippen LogP contribution is -2.32. The van der Waals surface area contributed by atoms with E-state index in [1.165, 1.54) is 6.42 Å². The van der Waals surface area contributed by atoms with Crippen LogP contribution in [-0.2, 0) is 0 Å². The summed E-state index contributed by atoms with van der Waals surface area (Å²) in [6.45, 7) is 1.80. The van der Waals surface area contributed by atoms with E-state index in [1.54, 1.807) is 12.4 Å². The van der Waals surface area contributed by atoms with Crippen molar-refractivity contribution in [3.05, 3.63) is 34.4 Å². The number of rotatable bonds is 1. The molecule has 5 heteroatoms. The van der Waals surface area contributed by atoms with Gasteiger partial charge in [-0.2, -0.15) is 5.26 Å². The van der Waals surface area contributed by atoms with Crippen LogP contribution in [0.15, 0.2) is 23.3 Å². The predicted molar refractivity (Wildman–Crippen MR) is 73.1 cm³/mol. The number of piperidine rings is 1. The minimum absolute atomic E-state index is 0.209. The van der Waals surface area contributed by atoms with E-state index in [0.717, 1.165) is 37.0 Å². The molecule has 2 aromatic rings. The molecule has 1 saturated heterocycles. The normalized spacial score (nSPS) is 15.4. The fourth-order valence-corrected chi connectivity index (χ4v) is 2.68. The fourth-order valence-electron chi connectivity index (χ4n) is 2.68. The summed E-state index contributed by atoms with van der Waals surface area (Å²) in [4.78, 5) is 20.9. The third kappa shape index (κ3) is 1.95. The number of pyridine rings is 2. The molecule has 1 aliphatic heterocycles. The summed E-state index contributed by atoms with van der Waals surface area (Å²) in [6.07, 6.45) is 6.73. The van der Waals surface area contributed by atoms with Crippen molar-refractivity contribution in [2.75, 3.05) is 18.0 Å². The number of H-pyrrole nitrogens is 1. The zero-order valence-electron chi connectivity index (χ0n) is 10.5. The van der Waals surface area contributed by atoms with Gasteiger partial charge >= 0.3 is 0 Å². The van der Waals surface area contributed by atoms with Crippen LogP contribution in [-0.4, -0.2) is 23.1 Å². The highest BCUT2D eigenvalue weighted by atomic mass is 16.1. The van der Waals surface area contributed by atoms with E-state index in [9.17, 15) is 10.1 Å². The molecule has 2 aromatic heterocycles. The summed E-state index contributed by atoms with van der Waals surface area (Å²) < 4.78 is 0. The van der Waals surface area contributed by atoms with Crippen molar-refractivity contribution in [2.45, 2.75) is 19.3 Å². The summed E-state index contributed by atoms with van der Waals surface area (Å²) in [5.74, 6) is 0. The third-order valence-electron chi connectivity index (χ3n) is 3.57. The molecule has 1 fully saturated rings. The summed E-state index contributed by atoms with van der Waals surface area (Å²) in [5, 5.41) is 10.2. The molecule has 96 valence electrons. The number of hydrogen-bond acceptors (Lipinski definition) is 4. The fraction of sp³-hybridized carbons (Fsp3) is 0.357. The summed E-state index contributed by atoms with van der Waals surface area (Å²) in [5.41, 5.74) is 1.33. The molecule has 0 spiro atoms. The quantitative estimate of drug-likeness (QED) is 0.842. The maximum Gasteiger partial charge on any atom is 0.268 e. The Kier molecular flexibility index (Phi) is 2.92. The van der Waals surface area contributed by atoms with E-state index < -0.39 is 0 Å². The Hall–Kier alpha value is -2.35. The first kappa shape index (κ1) is 11.7. The average Bonchev–Trinajstić information content (AvgIpc) is 2.46. The van der Waals surface area contributed by atoms with E-state index >= 15 is 0 Å². The number of nitrogens with one attached hydrogen (secondary N) is 1. The second-order valence-corrected chi connectivity index (χ2v) is 4.76. The monoisotopic (exact) mass is 254 g/mol. The van der Waals surface area contributed by atoms with Gasteiger partial charge in [0.15, 0.2) is 0 Å². The molecule has 3 heterocycles. The Morgan fingerprint density at radius 2 is 2.11 bits per heavy atom. The largest absolute Gasteiger partial charge is 0.370 e. The number of nitriles is 1. The highest BCUT2D eigenvalue weighted by Crippen LogP contribution is 2.28. The van der Waals surface area contributed by atoms with Gasteiger partial charge in [0.1, 0.15) is 11.6 Å². The molecule has 3 rings (SSSR count). The molecule has 0 aliphatic carbocycles. The number of hydrogen-bond donors (Lipinski definition) is 1. The van der Waals surface area contributed by atoms with E-state index in [0.29, 0.717) is 5.52 Å². The van der Waals surface area contributed by atoms with Gasteiger partial charge in [0.2, 0.25) is 0 Å². The SMILES string of the molecule is N#Cc1c(N2CCCCC2)c2ccncc2[nH]c1=O. The highest BCUT2D eigenvalue weighted by Gasteiger charge is 2.20. The van der Waals surface area contributed by atoms with Gasteiger partial charge in [0, 0.05) is 24.7 Å². The molecule has 0 aromatic carbocycles. The molecule has 0 unspecified atom stereocenters. The minimum atomic E-state index is -0.330. The number of anilines is 1. The Labute approximate surface area is 110 Å². The first-order valence-electron chi connectivity index (χ1n) is 6.46. The maximum absolute atomic E-state index is 12.0. The smallest absolute Gasteiger partial charge is 0.268 e. The standard InChI is InChI=1S/C14H14N4O/c15-8-11-13(18-6-2-1-3-7-18)10-4-5-16-9-12(10)17-14(11)19/h4-5,9H,1-3,6-7H2,(H,17,19). The van der Waals surface area contributed by atoms with E-state index in [1.807, 2.05) is 12.1 Å². The minimum Gasteiger partial charge on any atom is -0.370 e. The van der Waals surface area contributed by atoms with Crippen molar-refractivity contribution in [1.82, 2.24) is 9.97 Å². The second-order valence-electron chi connectivity index (χ2n) is 4.76. The van der Waals surface area contributed by atoms with Gasteiger partial charge in [-0.1, -0.05) is 0 Å². The zero-order valence-corrected chi connectivity index (χ0v) is 10.5. The first-order chi connectivity index (χ1) is 9.31. The van der Waals surface area contributed by atoms with Gasteiger partial charge in [-0.25, -0.2) is 0 Å². The van der Waals surface area contributed by atoms with E-state index in [2.05, 4.69) is 14.9 Å². The predicted octanol–water partition coefficient (Wildman–Crippen LogP) is 1.79. The molecule has 19 heavy (non-hydrogen) atoms. The lowest BCUT2D eigenvalue weighted by Gasteiger charge is -2.30. The van der Waals surface area contributed by atoms with Crippen LogP contribution in [0.25, 0.3) is 10.9 Å². The lowest BCUT2D eigenvalue weighted by atomic mass is 10.1. The second kappa shape index (κ2) is 4.73. The Balaban J connectivity index is 2.30. The van der Waals surface area contributed by atoms with Crippen LogP contribution in [0, 0.1) is 11.3 Å². The van der Waals surface area contributed by atoms with Crippen molar-refractivity contribution < 1.29 is 0 Å². The summed E-state index contributed by atoms with van der Waals surface area (Å²) in [6, 6.07) is 3.90. The number of nitrogens with zero attached hydrogens (tertiary/aromatic N) is 3. The Morgan fingerprint density at radius 3 is 2.84 bits per heavy atom. The molecule has 0 bridgehead atoms. The Bertz CT molecular complexity index is 707. The first-order valence-corrected chi connectivity index (χ1v) is 6.46. The van der Waals surface area contributed by atoms with E-state index in [4.69, 9.17) is 0 Å². The van der Waals surface area contributed by atoms with E-state index in [-0.39, 0.29) is 11.1 Å². The molecular weight excluding hydrogens is 240 g/mol. The van der Waals surface area contributed by atoms with Gasteiger partial charge in [-0.3, -0.25) is 9.78 Å². The lowest BCUT2D eigenvalue weighted by molar-refractivity contribution is 0.578. The number of fused-ring (bicyclic) bond motifs is 1. The summed E-state index contributed by atoms with van der Waals surface area (Å²) in [7, 11) is 0. The van der Waals surface area contributed by atoms with Crippen LogP contribution < -0.4 is 10.5 Å². The molecule has 1 N–H and O–H groups in total. The molecule has 0 amide bonds. The van der Waals surface area contributed by atoms with Crippen molar-refractivity contribution >= 4 is 16.6 Å². The molecule has 5 nitrogen and oxygen atoms in total. The average molecular weight is 254 g/mol. The topological polar surface area (TPSA) is 72.8 Å². The van der Waals surface area contributed by atoms with Gasteiger partial charge in [0.25, 0.3) is 5.56 Å². The summed E-state index contributed by atoms with van der Waals surface area (Å²) >= 11 is 0. The number of aromatic amines is 1. The van der Waals surface area contributed by atoms with Crippen molar-refractivity contribution in [3.8, 4) is 6.07 Å². The molecular formula is C14H14N4O. The van der Waals surface area contributed by atoms with Gasteiger partial charge < -0.3 is 9.88 Å². The number of aromatic nitrogens is 2. The van der Waals surface area contributed by atoms with Crippen molar-refractivity contribution in [1.29, 1.82) is 5.26 Å². The molecule has 0 radical (unpaired) electrons. The van der Waals surface area contributed by atoms with Crippen LogP contribution in [0.2, 0.25) is 0 Å². The third-order valence-corrected chi connectivity index (χ3v) is 3.57. The highest BCUT2D eigenvalue weighted by molar-refractivity contribution is 5.93. The van der Waals surface area contributed by atoms with Crippen molar-refractivity contribution in [2.24, 2.45) is 0 Å². The van der Waals surface area contributed by atoms with Gasteiger partial charge in [0.05, 0.1) is 17.4 Å². The molecule has 0 saturated carbocycles. The van der Waals surface area contributed by atoms with Crippen LogP contribution in [0.3, 0.4) is 0 Å². The van der Waals surface area contributed by atoms with Crippen LogP contribution in [0.4, 0.5) is 5.69 Å². The maximum atomic E-state index is 12.0. The van der Waals surface area contributed by atoms with Crippen molar-refractivity contribution in [3.63, 3.8) is 0 Å². The molecule has 1 aliphatic rings. The zero-order chi connectivity index (χ0) is 13.2. The molecule has 0 atom stereocenters. The van der Waals surface area contributed by atoms with Gasteiger partial charge in [-0.05, 0) is 25.3 Å². The van der Waals surface area contributed by atoms with Gasteiger partial charge in [-0.15, -0.1) is 0 Å². The van der Waals surface area contributed by atoms with Crippen LogP contribution in [0.1, 0.15) is 24.8 Å². The van der Waals surface area contributed by atoms with Crippen LogP contribution >= 0.6 is 0 Å².